The predicted octanol–water partition coefficient (Wildman–Crippen LogP) is 0.904. The van der Waals surface area contributed by atoms with Crippen LogP contribution in [0.3, 0.4) is 0 Å². The highest BCUT2D eigenvalue weighted by Gasteiger charge is 2.24. The summed E-state index contributed by atoms with van der Waals surface area (Å²) in [5.41, 5.74) is 0. The van der Waals surface area contributed by atoms with E-state index in [1.165, 1.54) is 45.4 Å². The third-order valence-electron chi connectivity index (χ3n) is 3.43. The van der Waals surface area contributed by atoms with E-state index >= 15 is 0 Å². The number of piperidine rings is 1. The van der Waals surface area contributed by atoms with Crippen LogP contribution < -0.4 is 5.32 Å². The lowest BCUT2D eigenvalue weighted by molar-refractivity contribution is 0.0713. The average Bonchev–Trinajstić information content (AvgIpc) is 2.32. The largest absolute Gasteiger partial charge is 0.297 e. The SMILES string of the molecule is C=CCN1CCN(C2CCCC[N]2)CC1. The van der Waals surface area contributed by atoms with Crippen molar-refractivity contribution >= 4 is 0 Å². The van der Waals surface area contributed by atoms with Gasteiger partial charge in [0.15, 0.2) is 0 Å². The van der Waals surface area contributed by atoms with Gasteiger partial charge in [0.05, 0.1) is 6.17 Å². The summed E-state index contributed by atoms with van der Waals surface area (Å²) < 4.78 is 0. The third-order valence-corrected chi connectivity index (χ3v) is 3.43. The smallest absolute Gasteiger partial charge is 0.0761 e. The maximum absolute atomic E-state index is 4.71. The lowest BCUT2D eigenvalue weighted by Gasteiger charge is -2.40. The molecule has 0 N–H and O–H groups in total. The Morgan fingerprint density at radius 2 is 2.00 bits per heavy atom. The van der Waals surface area contributed by atoms with Crippen LogP contribution in [0.2, 0.25) is 0 Å². The second-order valence-electron chi connectivity index (χ2n) is 4.51. The molecule has 3 heteroatoms. The van der Waals surface area contributed by atoms with Crippen molar-refractivity contribution < 1.29 is 0 Å². The average molecular weight is 208 g/mol. The van der Waals surface area contributed by atoms with Gasteiger partial charge in [-0.2, -0.15) is 0 Å². The first kappa shape index (κ1) is 11.1. The Bertz CT molecular complexity index is 191. The molecule has 0 spiro atoms. The summed E-state index contributed by atoms with van der Waals surface area (Å²) in [5.74, 6) is 0. The molecule has 2 heterocycles. The summed E-state index contributed by atoms with van der Waals surface area (Å²) >= 11 is 0. The summed E-state index contributed by atoms with van der Waals surface area (Å²) in [6.45, 7) is 10.6. The van der Waals surface area contributed by atoms with Crippen molar-refractivity contribution in [2.75, 3.05) is 39.3 Å². The van der Waals surface area contributed by atoms with Crippen LogP contribution in [0.15, 0.2) is 12.7 Å². The van der Waals surface area contributed by atoms with E-state index in [2.05, 4.69) is 16.4 Å². The Kier molecular flexibility index (Phi) is 4.18. The standard InChI is InChI=1S/C12H22N3/c1-2-7-14-8-10-15(11-9-14)12-5-3-4-6-13-12/h2,12H,1,3-11H2. The van der Waals surface area contributed by atoms with Crippen molar-refractivity contribution in [1.29, 1.82) is 0 Å². The first-order chi connectivity index (χ1) is 7.40. The highest BCUT2D eigenvalue weighted by molar-refractivity contribution is 4.82. The highest BCUT2D eigenvalue weighted by Crippen LogP contribution is 2.14. The van der Waals surface area contributed by atoms with E-state index in [9.17, 15) is 0 Å². The van der Waals surface area contributed by atoms with Crippen molar-refractivity contribution in [2.24, 2.45) is 0 Å². The molecule has 15 heavy (non-hydrogen) atoms. The fourth-order valence-electron chi connectivity index (χ4n) is 2.49. The van der Waals surface area contributed by atoms with Gasteiger partial charge < -0.3 is 0 Å². The molecule has 1 unspecified atom stereocenters. The van der Waals surface area contributed by atoms with Crippen molar-refractivity contribution in [1.82, 2.24) is 15.1 Å². The van der Waals surface area contributed by atoms with Gasteiger partial charge in [0.25, 0.3) is 0 Å². The fourth-order valence-corrected chi connectivity index (χ4v) is 2.49. The predicted molar refractivity (Wildman–Crippen MR) is 62.9 cm³/mol. The molecule has 0 aliphatic carbocycles. The normalized spacial score (nSPS) is 30.3. The molecule has 0 aromatic rings. The lowest BCUT2D eigenvalue weighted by Crippen LogP contribution is -2.53. The van der Waals surface area contributed by atoms with Crippen LogP contribution in [0.4, 0.5) is 0 Å². The zero-order chi connectivity index (χ0) is 10.5. The van der Waals surface area contributed by atoms with Crippen LogP contribution in [-0.4, -0.2) is 55.2 Å². The molecule has 1 atom stereocenters. The minimum Gasteiger partial charge on any atom is -0.297 e. The second kappa shape index (κ2) is 5.64. The van der Waals surface area contributed by atoms with E-state index in [1.54, 1.807) is 0 Å². The van der Waals surface area contributed by atoms with E-state index in [1.807, 2.05) is 6.08 Å². The first-order valence-electron chi connectivity index (χ1n) is 6.14. The van der Waals surface area contributed by atoms with Crippen LogP contribution in [-0.2, 0) is 0 Å². The summed E-state index contributed by atoms with van der Waals surface area (Å²) in [6.07, 6.45) is 6.47. The molecular formula is C12H22N3. The van der Waals surface area contributed by atoms with E-state index in [4.69, 9.17) is 5.32 Å². The maximum Gasteiger partial charge on any atom is 0.0761 e. The summed E-state index contributed by atoms with van der Waals surface area (Å²) in [7, 11) is 0. The lowest BCUT2D eigenvalue weighted by atomic mass is 10.1. The van der Waals surface area contributed by atoms with Gasteiger partial charge >= 0.3 is 0 Å². The molecule has 2 aliphatic heterocycles. The van der Waals surface area contributed by atoms with Crippen molar-refractivity contribution in [3.8, 4) is 0 Å². The molecule has 2 fully saturated rings. The van der Waals surface area contributed by atoms with Gasteiger partial charge in [-0.05, 0) is 19.3 Å². The molecule has 0 saturated carbocycles. The van der Waals surface area contributed by atoms with Crippen LogP contribution in [0.25, 0.3) is 0 Å². The Hall–Kier alpha value is -0.380. The summed E-state index contributed by atoms with van der Waals surface area (Å²) in [5, 5.41) is 4.71. The molecule has 0 aromatic heterocycles. The third kappa shape index (κ3) is 3.03. The highest BCUT2D eigenvalue weighted by atomic mass is 15.3. The minimum absolute atomic E-state index is 0.532. The van der Waals surface area contributed by atoms with Gasteiger partial charge in [-0.15, -0.1) is 6.58 Å². The van der Waals surface area contributed by atoms with E-state index in [-0.39, 0.29) is 0 Å². The molecule has 1 radical (unpaired) electrons. The van der Waals surface area contributed by atoms with Crippen molar-refractivity contribution in [3.63, 3.8) is 0 Å². The minimum atomic E-state index is 0.532. The fraction of sp³-hybridized carbons (Fsp3) is 0.833. The Balaban J connectivity index is 1.74. The molecule has 85 valence electrons. The van der Waals surface area contributed by atoms with E-state index in [0.29, 0.717) is 6.17 Å². The van der Waals surface area contributed by atoms with Crippen molar-refractivity contribution in [2.45, 2.75) is 25.4 Å². The number of nitrogens with zero attached hydrogens (tertiary/aromatic N) is 3. The number of piperazine rings is 1. The van der Waals surface area contributed by atoms with Crippen LogP contribution in [0.1, 0.15) is 19.3 Å². The molecule has 0 amide bonds. The van der Waals surface area contributed by atoms with Crippen LogP contribution >= 0.6 is 0 Å². The molecule has 0 bridgehead atoms. The number of rotatable bonds is 3. The van der Waals surface area contributed by atoms with Gasteiger partial charge in [-0.3, -0.25) is 9.80 Å². The number of hydrogen-bond acceptors (Lipinski definition) is 2. The molecule has 2 aliphatic rings. The Labute approximate surface area is 93.1 Å². The molecule has 0 aromatic carbocycles. The van der Waals surface area contributed by atoms with Crippen LogP contribution in [0, 0.1) is 0 Å². The Morgan fingerprint density at radius 1 is 1.20 bits per heavy atom. The van der Waals surface area contributed by atoms with E-state index < -0.39 is 0 Å². The van der Waals surface area contributed by atoms with Gasteiger partial charge in [-0.1, -0.05) is 6.08 Å². The maximum atomic E-state index is 4.71. The van der Waals surface area contributed by atoms with Crippen LogP contribution in [0.5, 0.6) is 0 Å². The summed E-state index contributed by atoms with van der Waals surface area (Å²) in [6, 6.07) is 0. The van der Waals surface area contributed by atoms with Gasteiger partial charge in [0.2, 0.25) is 0 Å². The monoisotopic (exact) mass is 208 g/mol. The zero-order valence-corrected chi connectivity index (χ0v) is 9.57. The van der Waals surface area contributed by atoms with E-state index in [0.717, 1.165) is 13.1 Å². The van der Waals surface area contributed by atoms with Gasteiger partial charge in [-0.25, -0.2) is 5.32 Å². The molecule has 3 nitrogen and oxygen atoms in total. The molecule has 2 rings (SSSR count). The molecular weight excluding hydrogens is 186 g/mol. The topological polar surface area (TPSA) is 20.6 Å². The molecule has 2 saturated heterocycles. The first-order valence-corrected chi connectivity index (χ1v) is 6.14. The van der Waals surface area contributed by atoms with Crippen molar-refractivity contribution in [3.05, 3.63) is 12.7 Å². The van der Waals surface area contributed by atoms with Gasteiger partial charge in [0.1, 0.15) is 0 Å². The number of hydrogen-bond donors (Lipinski definition) is 0. The zero-order valence-electron chi connectivity index (χ0n) is 9.57. The van der Waals surface area contributed by atoms with Gasteiger partial charge in [0, 0.05) is 39.3 Å². The quantitative estimate of drug-likeness (QED) is 0.643. The second-order valence-corrected chi connectivity index (χ2v) is 4.51. The summed E-state index contributed by atoms with van der Waals surface area (Å²) in [4.78, 5) is 5.02. The Morgan fingerprint density at radius 3 is 2.60 bits per heavy atom.